The lowest BCUT2D eigenvalue weighted by molar-refractivity contribution is -0.118. The number of Topliss-reactive ketones (excluding diaryl/α,β-unsaturated/α-hetero) is 1. The van der Waals surface area contributed by atoms with E-state index in [4.69, 9.17) is 0 Å². The number of nitrogens with zero attached hydrogens (tertiary/aromatic N) is 1. The van der Waals surface area contributed by atoms with Crippen LogP contribution in [0.2, 0.25) is 0 Å². The minimum absolute atomic E-state index is 0.322. The highest BCUT2D eigenvalue weighted by Gasteiger charge is 2.06. The molecule has 2 rings (SSSR count). The van der Waals surface area contributed by atoms with E-state index in [1.54, 1.807) is 6.20 Å². The van der Waals surface area contributed by atoms with Gasteiger partial charge in [0.25, 0.3) is 0 Å². The van der Waals surface area contributed by atoms with Crippen LogP contribution in [0.5, 0.6) is 0 Å². The molecule has 0 atom stereocenters. The van der Waals surface area contributed by atoms with E-state index < -0.39 is 0 Å². The number of fused-ring (bicyclic) bond motifs is 1. The third-order valence-electron chi connectivity index (χ3n) is 2.94. The quantitative estimate of drug-likeness (QED) is 0.782. The number of hydrogen-bond acceptors (Lipinski definition) is 2. The van der Waals surface area contributed by atoms with Crippen molar-refractivity contribution in [3.63, 3.8) is 0 Å². The van der Waals surface area contributed by atoms with Gasteiger partial charge < -0.3 is 0 Å². The van der Waals surface area contributed by atoms with Gasteiger partial charge in [0.2, 0.25) is 0 Å². The van der Waals surface area contributed by atoms with Crippen LogP contribution < -0.4 is 0 Å². The van der Waals surface area contributed by atoms with E-state index >= 15 is 0 Å². The second-order valence-electron chi connectivity index (χ2n) is 4.31. The Morgan fingerprint density at radius 1 is 1.24 bits per heavy atom. The second kappa shape index (κ2) is 5.58. The maximum Gasteiger partial charge on any atom is 0.137 e. The van der Waals surface area contributed by atoms with Crippen LogP contribution >= 0.6 is 0 Å². The van der Waals surface area contributed by atoms with E-state index in [0.717, 1.165) is 29.3 Å². The molecule has 0 aliphatic rings. The molecule has 0 unspecified atom stereocenters. The maximum atomic E-state index is 11.8. The van der Waals surface area contributed by atoms with Gasteiger partial charge in [0.15, 0.2) is 0 Å². The van der Waals surface area contributed by atoms with Crippen molar-refractivity contribution in [2.75, 3.05) is 0 Å². The first-order valence-corrected chi connectivity index (χ1v) is 6.15. The lowest BCUT2D eigenvalue weighted by Gasteiger charge is -2.05. The van der Waals surface area contributed by atoms with Gasteiger partial charge in [-0.2, -0.15) is 0 Å². The van der Waals surface area contributed by atoms with E-state index in [2.05, 4.69) is 11.9 Å². The van der Waals surface area contributed by atoms with Crippen LogP contribution in [-0.2, 0) is 11.2 Å². The van der Waals surface area contributed by atoms with Crippen LogP contribution in [0.15, 0.2) is 36.5 Å². The number of carbonyl (C=O) groups excluding carboxylic acids is 1. The van der Waals surface area contributed by atoms with Gasteiger partial charge in [-0.3, -0.25) is 9.78 Å². The predicted molar refractivity (Wildman–Crippen MR) is 70.0 cm³/mol. The minimum Gasteiger partial charge on any atom is -0.299 e. The first-order valence-electron chi connectivity index (χ1n) is 6.15. The molecule has 0 aliphatic carbocycles. The van der Waals surface area contributed by atoms with Gasteiger partial charge in [-0.05, 0) is 24.1 Å². The Kier molecular flexibility index (Phi) is 3.86. The van der Waals surface area contributed by atoms with E-state index in [-0.39, 0.29) is 0 Å². The molecule has 1 aromatic heterocycles. The number of unbranched alkanes of at least 4 members (excludes halogenated alkanes) is 1. The van der Waals surface area contributed by atoms with Crippen molar-refractivity contribution in [1.82, 2.24) is 4.98 Å². The maximum absolute atomic E-state index is 11.8. The predicted octanol–water partition coefficient (Wildman–Crippen LogP) is 3.54. The number of carbonyl (C=O) groups is 1. The zero-order valence-electron chi connectivity index (χ0n) is 10.1. The van der Waals surface area contributed by atoms with Crippen molar-refractivity contribution >= 4 is 16.7 Å². The van der Waals surface area contributed by atoms with Gasteiger partial charge in [-0.15, -0.1) is 0 Å². The van der Waals surface area contributed by atoms with E-state index in [0.29, 0.717) is 18.6 Å². The van der Waals surface area contributed by atoms with Crippen molar-refractivity contribution < 1.29 is 4.79 Å². The minimum atomic E-state index is 0.322. The number of aromatic nitrogens is 1. The summed E-state index contributed by atoms with van der Waals surface area (Å²) in [6, 6.07) is 9.92. The molecule has 0 radical (unpaired) electrons. The number of benzene rings is 1. The zero-order valence-corrected chi connectivity index (χ0v) is 10.1. The van der Waals surface area contributed by atoms with Crippen molar-refractivity contribution in [3.8, 4) is 0 Å². The molecular formula is C15H17NO. The normalized spacial score (nSPS) is 10.6. The van der Waals surface area contributed by atoms with Gasteiger partial charge in [0.1, 0.15) is 5.78 Å². The van der Waals surface area contributed by atoms with Crippen LogP contribution in [0.1, 0.15) is 31.7 Å². The number of rotatable bonds is 5. The van der Waals surface area contributed by atoms with Gasteiger partial charge in [0.05, 0.1) is 5.52 Å². The summed E-state index contributed by atoms with van der Waals surface area (Å²) < 4.78 is 0. The monoisotopic (exact) mass is 227 g/mol. The molecular weight excluding hydrogens is 210 g/mol. The van der Waals surface area contributed by atoms with Gasteiger partial charge >= 0.3 is 0 Å². The van der Waals surface area contributed by atoms with Crippen LogP contribution in [0.4, 0.5) is 0 Å². The smallest absolute Gasteiger partial charge is 0.137 e. The molecule has 0 fully saturated rings. The van der Waals surface area contributed by atoms with Gasteiger partial charge in [0, 0.05) is 24.4 Å². The average Bonchev–Trinajstić information content (AvgIpc) is 2.37. The SMILES string of the molecule is CCCCC(=O)Cc1ccnc2ccccc12. The number of para-hydroxylation sites is 1. The van der Waals surface area contributed by atoms with Gasteiger partial charge in [-0.1, -0.05) is 31.5 Å². The third kappa shape index (κ3) is 2.90. The topological polar surface area (TPSA) is 30.0 Å². The molecule has 2 heteroatoms. The molecule has 17 heavy (non-hydrogen) atoms. The van der Waals surface area contributed by atoms with Crippen molar-refractivity contribution in [2.24, 2.45) is 0 Å². The summed E-state index contributed by atoms with van der Waals surface area (Å²) in [7, 11) is 0. The summed E-state index contributed by atoms with van der Waals surface area (Å²) in [6.45, 7) is 2.11. The highest BCUT2D eigenvalue weighted by molar-refractivity contribution is 5.88. The van der Waals surface area contributed by atoms with Crippen LogP contribution in [-0.4, -0.2) is 10.8 Å². The number of hydrogen-bond donors (Lipinski definition) is 0. The lowest BCUT2D eigenvalue weighted by atomic mass is 10.0. The van der Waals surface area contributed by atoms with Gasteiger partial charge in [-0.25, -0.2) is 0 Å². The summed E-state index contributed by atoms with van der Waals surface area (Å²) >= 11 is 0. The molecule has 0 saturated carbocycles. The standard InChI is InChI=1S/C15H17NO/c1-2-3-6-13(17)11-12-9-10-16-15-8-5-4-7-14(12)15/h4-5,7-10H,2-3,6,11H2,1H3. The molecule has 0 saturated heterocycles. The Hall–Kier alpha value is -1.70. The summed E-state index contributed by atoms with van der Waals surface area (Å²) in [5.74, 6) is 0.322. The Labute approximate surface area is 102 Å². The average molecular weight is 227 g/mol. The molecule has 1 aromatic carbocycles. The van der Waals surface area contributed by atoms with E-state index in [9.17, 15) is 4.79 Å². The summed E-state index contributed by atoms with van der Waals surface area (Å²) in [5, 5.41) is 1.10. The van der Waals surface area contributed by atoms with Crippen molar-refractivity contribution in [3.05, 3.63) is 42.1 Å². The fourth-order valence-corrected chi connectivity index (χ4v) is 1.98. The van der Waals surface area contributed by atoms with E-state index in [1.807, 2.05) is 30.3 Å². The Balaban J connectivity index is 2.21. The molecule has 0 N–H and O–H groups in total. The highest BCUT2D eigenvalue weighted by atomic mass is 16.1. The lowest BCUT2D eigenvalue weighted by Crippen LogP contribution is -2.03. The summed E-state index contributed by atoms with van der Waals surface area (Å²) in [6.07, 6.45) is 5.06. The molecule has 0 aliphatic heterocycles. The fraction of sp³-hybridized carbons (Fsp3) is 0.333. The molecule has 2 aromatic rings. The molecule has 0 amide bonds. The Bertz CT molecular complexity index is 514. The zero-order chi connectivity index (χ0) is 12.1. The van der Waals surface area contributed by atoms with Crippen LogP contribution in [0, 0.1) is 0 Å². The Morgan fingerprint density at radius 3 is 2.88 bits per heavy atom. The van der Waals surface area contributed by atoms with Crippen LogP contribution in [0.25, 0.3) is 10.9 Å². The van der Waals surface area contributed by atoms with Crippen molar-refractivity contribution in [1.29, 1.82) is 0 Å². The fourth-order valence-electron chi connectivity index (χ4n) is 1.98. The van der Waals surface area contributed by atoms with Crippen LogP contribution in [0.3, 0.4) is 0 Å². The van der Waals surface area contributed by atoms with E-state index in [1.165, 1.54) is 0 Å². The molecule has 88 valence electrons. The third-order valence-corrected chi connectivity index (χ3v) is 2.94. The highest BCUT2D eigenvalue weighted by Crippen LogP contribution is 2.17. The Morgan fingerprint density at radius 2 is 2.06 bits per heavy atom. The number of ketones is 1. The second-order valence-corrected chi connectivity index (χ2v) is 4.31. The first-order chi connectivity index (χ1) is 8.31. The molecule has 1 heterocycles. The first kappa shape index (κ1) is 11.8. The molecule has 0 spiro atoms. The summed E-state index contributed by atoms with van der Waals surface area (Å²) in [5.41, 5.74) is 2.06. The number of pyridine rings is 1. The van der Waals surface area contributed by atoms with Crippen molar-refractivity contribution in [2.45, 2.75) is 32.6 Å². The largest absolute Gasteiger partial charge is 0.299 e. The molecule has 2 nitrogen and oxygen atoms in total. The summed E-state index contributed by atoms with van der Waals surface area (Å²) in [4.78, 5) is 16.1. The molecule has 0 bridgehead atoms.